The lowest BCUT2D eigenvalue weighted by Gasteiger charge is -2.40. The average molecular weight is 523 g/mol. The molecule has 1 unspecified atom stereocenters. The molecule has 4 rings (SSSR count). The number of methoxy groups -OCH3 is 2. The quantitative estimate of drug-likeness (QED) is 0.255. The molecule has 1 fully saturated rings. The van der Waals surface area contributed by atoms with Gasteiger partial charge in [-0.3, -0.25) is 0 Å². The topological polar surface area (TPSA) is 168 Å². The number of phenolic OH excluding ortho intramolecular Hbond substituents is 1. The molecular weight excluding hydrogens is 488 g/mol. The van der Waals surface area contributed by atoms with E-state index in [1.165, 1.54) is 20.3 Å². The van der Waals surface area contributed by atoms with Gasteiger partial charge in [0.05, 0.1) is 33.4 Å². The van der Waals surface area contributed by atoms with Crippen molar-refractivity contribution in [3.8, 4) is 23.0 Å². The van der Waals surface area contributed by atoms with Gasteiger partial charge in [0, 0.05) is 12.2 Å². The lowest BCUT2D eigenvalue weighted by molar-refractivity contribution is -0.302. The van der Waals surface area contributed by atoms with E-state index in [0.29, 0.717) is 29.9 Å². The van der Waals surface area contributed by atoms with E-state index in [1.807, 2.05) is 12.1 Å². The van der Waals surface area contributed by atoms with Crippen LogP contribution in [0.3, 0.4) is 0 Å². The highest BCUT2D eigenvalue weighted by Gasteiger charge is 2.45. The largest absolute Gasteiger partial charge is 0.504 e. The van der Waals surface area contributed by atoms with Crippen LogP contribution in [-0.4, -0.2) is 95.4 Å². The van der Waals surface area contributed by atoms with Crippen LogP contribution >= 0.6 is 0 Å². The molecule has 2 aromatic carbocycles. The third-order valence-electron chi connectivity index (χ3n) is 6.82. The molecular formula is C26H34O11. The molecule has 0 saturated carbocycles. The van der Waals surface area contributed by atoms with Crippen LogP contribution in [0.15, 0.2) is 30.3 Å². The van der Waals surface area contributed by atoms with Crippen LogP contribution in [0.25, 0.3) is 0 Å². The van der Waals surface area contributed by atoms with Crippen LogP contribution < -0.4 is 14.2 Å². The number of phenols is 1. The van der Waals surface area contributed by atoms with E-state index >= 15 is 0 Å². The fraction of sp³-hybridized carbons (Fsp3) is 0.538. The number of ether oxygens (including phenoxy) is 5. The first-order valence-electron chi connectivity index (χ1n) is 12.1. The summed E-state index contributed by atoms with van der Waals surface area (Å²) in [6, 6.07) is 8.66. The fourth-order valence-electron chi connectivity index (χ4n) is 4.79. The van der Waals surface area contributed by atoms with Crippen molar-refractivity contribution in [1.29, 1.82) is 0 Å². The van der Waals surface area contributed by atoms with Gasteiger partial charge in [-0.15, -0.1) is 0 Å². The lowest BCUT2D eigenvalue weighted by atomic mass is 9.90. The highest BCUT2D eigenvalue weighted by molar-refractivity contribution is 5.56. The summed E-state index contributed by atoms with van der Waals surface area (Å²) >= 11 is 0. The Labute approximate surface area is 214 Å². The van der Waals surface area contributed by atoms with Gasteiger partial charge in [-0.05, 0) is 42.2 Å². The summed E-state index contributed by atoms with van der Waals surface area (Å²) in [6.07, 6.45) is -6.44. The summed E-state index contributed by atoms with van der Waals surface area (Å²) in [5.41, 5.74) is 2.39. The lowest BCUT2D eigenvalue weighted by Crippen LogP contribution is -2.59. The zero-order chi connectivity index (χ0) is 26.7. The maximum atomic E-state index is 10.4. The molecule has 0 radical (unpaired) electrons. The predicted molar refractivity (Wildman–Crippen MR) is 129 cm³/mol. The van der Waals surface area contributed by atoms with E-state index in [4.69, 9.17) is 23.7 Å². The van der Waals surface area contributed by atoms with Gasteiger partial charge >= 0.3 is 0 Å². The summed E-state index contributed by atoms with van der Waals surface area (Å²) in [7, 11) is 2.98. The molecule has 2 aliphatic heterocycles. The molecule has 37 heavy (non-hydrogen) atoms. The molecule has 11 heteroatoms. The zero-order valence-electron chi connectivity index (χ0n) is 20.7. The molecule has 7 atom stereocenters. The first-order chi connectivity index (χ1) is 17.8. The van der Waals surface area contributed by atoms with E-state index in [0.717, 1.165) is 11.1 Å². The summed E-state index contributed by atoms with van der Waals surface area (Å²) in [5.74, 6) is 0.812. The number of hydrogen-bond donors (Lipinski definition) is 6. The van der Waals surface area contributed by atoms with Gasteiger partial charge in [0.1, 0.15) is 30.5 Å². The van der Waals surface area contributed by atoms with Gasteiger partial charge in [-0.1, -0.05) is 12.1 Å². The molecule has 0 aromatic heterocycles. The third kappa shape index (κ3) is 5.48. The van der Waals surface area contributed by atoms with Gasteiger partial charge in [0.25, 0.3) is 0 Å². The van der Waals surface area contributed by atoms with E-state index in [-0.39, 0.29) is 24.7 Å². The standard InChI is InChI=1S/C26H34O11/c1-33-18-10-14(5-6-17(18)29)24-16(12-35-26-23(32)22(31)21(30)20(11-28)36-26)15-8-13(4-3-7-27)9-19(34-2)25(15)37-24/h5-6,8-10,16,20-24,26-32H,3-4,7,11-12H2,1-2H3/t16-,20+,21+,22-,23+,24?,26+/m0/s1. The third-order valence-corrected chi connectivity index (χ3v) is 6.82. The summed E-state index contributed by atoms with van der Waals surface area (Å²) in [4.78, 5) is 0. The van der Waals surface area contributed by atoms with E-state index < -0.39 is 49.3 Å². The summed E-state index contributed by atoms with van der Waals surface area (Å²) < 4.78 is 28.6. The van der Waals surface area contributed by atoms with Gasteiger partial charge in [-0.2, -0.15) is 0 Å². The Morgan fingerprint density at radius 2 is 1.68 bits per heavy atom. The van der Waals surface area contributed by atoms with Crippen molar-refractivity contribution in [2.75, 3.05) is 34.0 Å². The molecule has 2 aromatic rings. The number of fused-ring (bicyclic) bond motifs is 1. The van der Waals surface area contributed by atoms with E-state index in [9.17, 15) is 30.6 Å². The van der Waals surface area contributed by atoms with Crippen LogP contribution in [0.1, 0.15) is 35.1 Å². The zero-order valence-corrected chi connectivity index (χ0v) is 20.7. The van der Waals surface area contributed by atoms with Gasteiger partial charge in [0.2, 0.25) is 0 Å². The number of aryl methyl sites for hydroxylation is 1. The molecule has 204 valence electrons. The number of aliphatic hydroxyl groups is 5. The Morgan fingerprint density at radius 3 is 2.35 bits per heavy atom. The van der Waals surface area contributed by atoms with Crippen molar-refractivity contribution in [1.82, 2.24) is 0 Å². The first-order valence-corrected chi connectivity index (χ1v) is 12.1. The normalized spacial score (nSPS) is 29.0. The van der Waals surface area contributed by atoms with Crippen molar-refractivity contribution in [2.45, 2.75) is 55.6 Å². The Bertz CT molecular complexity index is 1060. The Balaban J connectivity index is 1.68. The number of rotatable bonds is 10. The Morgan fingerprint density at radius 1 is 0.919 bits per heavy atom. The summed E-state index contributed by atoms with van der Waals surface area (Å²) in [6.45, 7) is -0.562. The number of benzene rings is 2. The monoisotopic (exact) mass is 522 g/mol. The average Bonchev–Trinajstić information content (AvgIpc) is 3.28. The number of aliphatic hydroxyl groups excluding tert-OH is 5. The molecule has 0 bridgehead atoms. The molecule has 0 amide bonds. The molecule has 2 aliphatic rings. The predicted octanol–water partition coefficient (Wildman–Crippen LogP) is 0.368. The molecule has 2 heterocycles. The van der Waals surface area contributed by atoms with Gasteiger partial charge in [-0.25, -0.2) is 0 Å². The number of aromatic hydroxyl groups is 1. The molecule has 0 spiro atoms. The SMILES string of the molecule is COc1cc(C2Oc3c(OC)cc(CCCO)cc3[C@@H]2CO[C@@H]2O[C@H](CO)[C@@H](O)[C@H](O)[C@H]2O)ccc1O. The molecule has 6 N–H and O–H groups in total. The van der Waals surface area contributed by atoms with Crippen LogP contribution in [-0.2, 0) is 15.9 Å². The minimum Gasteiger partial charge on any atom is -0.504 e. The van der Waals surface area contributed by atoms with Crippen LogP contribution in [0.2, 0.25) is 0 Å². The van der Waals surface area contributed by atoms with E-state index in [2.05, 4.69) is 0 Å². The number of hydrogen-bond acceptors (Lipinski definition) is 11. The van der Waals surface area contributed by atoms with Crippen molar-refractivity contribution in [3.05, 3.63) is 47.0 Å². The van der Waals surface area contributed by atoms with Crippen LogP contribution in [0.4, 0.5) is 0 Å². The van der Waals surface area contributed by atoms with Gasteiger partial charge in [0.15, 0.2) is 29.3 Å². The molecule has 11 nitrogen and oxygen atoms in total. The summed E-state index contributed by atoms with van der Waals surface area (Å²) in [5, 5.41) is 59.5. The van der Waals surface area contributed by atoms with Crippen molar-refractivity contribution in [3.63, 3.8) is 0 Å². The first kappa shape index (κ1) is 27.4. The second kappa shape index (κ2) is 11.8. The Hall–Kier alpha value is -2.64. The smallest absolute Gasteiger partial charge is 0.186 e. The van der Waals surface area contributed by atoms with Gasteiger partial charge < -0.3 is 54.3 Å². The van der Waals surface area contributed by atoms with E-state index in [1.54, 1.807) is 12.1 Å². The van der Waals surface area contributed by atoms with Crippen molar-refractivity contribution in [2.24, 2.45) is 0 Å². The minimum absolute atomic E-state index is 0.0280. The molecule has 1 saturated heterocycles. The molecule has 0 aliphatic carbocycles. The highest BCUT2D eigenvalue weighted by atomic mass is 16.7. The minimum atomic E-state index is -1.56. The Kier molecular flexibility index (Phi) is 8.75. The van der Waals surface area contributed by atoms with Crippen LogP contribution in [0, 0.1) is 0 Å². The van der Waals surface area contributed by atoms with Crippen molar-refractivity contribution < 1.29 is 54.3 Å². The van der Waals surface area contributed by atoms with Crippen molar-refractivity contribution >= 4 is 0 Å². The maximum absolute atomic E-state index is 10.4. The maximum Gasteiger partial charge on any atom is 0.186 e. The second-order valence-corrected chi connectivity index (χ2v) is 9.15. The highest BCUT2D eigenvalue weighted by Crippen LogP contribution is 2.52. The fourth-order valence-corrected chi connectivity index (χ4v) is 4.79. The van der Waals surface area contributed by atoms with Crippen LogP contribution in [0.5, 0.6) is 23.0 Å². The second-order valence-electron chi connectivity index (χ2n) is 9.15.